The van der Waals surface area contributed by atoms with Crippen molar-refractivity contribution in [1.29, 1.82) is 0 Å². The average Bonchev–Trinajstić information content (AvgIpc) is 2.49. The Labute approximate surface area is 135 Å². The molecule has 0 aromatic heterocycles. The molecule has 0 fully saturated rings. The first-order valence-corrected chi connectivity index (χ1v) is 8.85. The monoisotopic (exact) mass is 315 g/mol. The molecule has 132 valence electrons. The molecule has 0 rings (SSSR count). The number of carbonyl (C=O) groups excluding carboxylic acids is 1. The highest BCUT2D eigenvalue weighted by atomic mass is 16.2. The van der Waals surface area contributed by atoms with E-state index in [9.17, 15) is 4.79 Å². The smallest absolute Gasteiger partial charge is 0.236 e. The van der Waals surface area contributed by atoms with Crippen molar-refractivity contribution in [3.63, 3.8) is 0 Å². The lowest BCUT2D eigenvalue weighted by Gasteiger charge is -2.13. The van der Waals surface area contributed by atoms with Crippen LogP contribution in [0.25, 0.3) is 0 Å². The van der Waals surface area contributed by atoms with Gasteiger partial charge in [0.05, 0.1) is 6.04 Å². The van der Waals surface area contributed by atoms with Crippen LogP contribution in [0, 0.1) is 0 Å². The van der Waals surface area contributed by atoms with Gasteiger partial charge in [-0.15, -0.1) is 0 Å². The molecule has 0 spiro atoms. The van der Waals surface area contributed by atoms with Gasteiger partial charge in [0.2, 0.25) is 5.91 Å². The third-order valence-corrected chi connectivity index (χ3v) is 3.74. The Bertz CT molecular complexity index is 261. The molecule has 0 bridgehead atoms. The second kappa shape index (κ2) is 15.2. The average molecular weight is 316 g/mol. The molecule has 0 aromatic carbocycles. The number of nitrogens with two attached hydrogens (primary N) is 3. The van der Waals surface area contributed by atoms with Gasteiger partial charge >= 0.3 is 0 Å². The summed E-state index contributed by atoms with van der Waals surface area (Å²) in [6, 6.07) is -0.440. The molecule has 0 aliphatic heterocycles. The fourth-order valence-electron chi connectivity index (χ4n) is 2.32. The molecule has 0 saturated carbocycles. The normalized spacial score (nSPS) is 12.6. The molecule has 1 amide bonds. The first kappa shape index (κ1) is 21.3. The van der Waals surface area contributed by atoms with E-state index in [-0.39, 0.29) is 5.91 Å². The summed E-state index contributed by atoms with van der Waals surface area (Å²) in [7, 11) is 0. The highest BCUT2D eigenvalue weighted by molar-refractivity contribution is 5.81. The lowest BCUT2D eigenvalue weighted by atomic mass is 10.1. The van der Waals surface area contributed by atoms with Crippen LogP contribution in [0.3, 0.4) is 0 Å². The van der Waals surface area contributed by atoms with Gasteiger partial charge in [-0.05, 0) is 25.8 Å². The SMILES string of the molecule is CCCCCCCCCCNC(=O)C(N)CCCNC(N)N. The molecular weight excluding hydrogens is 278 g/mol. The molecule has 22 heavy (non-hydrogen) atoms. The molecule has 0 radical (unpaired) electrons. The van der Waals surface area contributed by atoms with Gasteiger partial charge in [-0.1, -0.05) is 51.9 Å². The van der Waals surface area contributed by atoms with Crippen molar-refractivity contribution in [1.82, 2.24) is 10.6 Å². The van der Waals surface area contributed by atoms with Crippen LogP contribution < -0.4 is 27.8 Å². The molecule has 1 atom stereocenters. The fraction of sp³-hybridized carbons (Fsp3) is 0.938. The molecular formula is C16H37N5O. The summed E-state index contributed by atoms with van der Waals surface area (Å²) in [5.41, 5.74) is 16.6. The minimum absolute atomic E-state index is 0.0556. The molecule has 6 nitrogen and oxygen atoms in total. The molecule has 0 aliphatic carbocycles. The first-order valence-electron chi connectivity index (χ1n) is 8.85. The Morgan fingerprint density at radius 2 is 1.45 bits per heavy atom. The summed E-state index contributed by atoms with van der Waals surface area (Å²) in [4.78, 5) is 11.8. The van der Waals surface area contributed by atoms with Crippen LogP contribution in [0.2, 0.25) is 0 Å². The second-order valence-corrected chi connectivity index (χ2v) is 5.99. The lowest BCUT2D eigenvalue weighted by Crippen LogP contribution is -2.46. The van der Waals surface area contributed by atoms with Crippen LogP contribution in [0.5, 0.6) is 0 Å². The van der Waals surface area contributed by atoms with Gasteiger partial charge in [0, 0.05) is 6.54 Å². The zero-order valence-electron chi connectivity index (χ0n) is 14.3. The van der Waals surface area contributed by atoms with E-state index >= 15 is 0 Å². The van der Waals surface area contributed by atoms with E-state index in [4.69, 9.17) is 17.2 Å². The standard InChI is InChI=1S/C16H37N5O/c1-2-3-4-5-6-7-8-9-12-20-15(22)14(17)11-10-13-21-16(18)19/h14,16,21H,2-13,17-19H2,1H3,(H,20,22). The number of amides is 1. The number of rotatable bonds is 15. The Hall–Kier alpha value is -0.690. The molecule has 6 heteroatoms. The molecule has 1 unspecified atom stereocenters. The van der Waals surface area contributed by atoms with Gasteiger partial charge in [0.15, 0.2) is 0 Å². The van der Waals surface area contributed by atoms with Crippen LogP contribution in [-0.2, 0) is 4.79 Å². The molecule has 0 saturated heterocycles. The van der Waals surface area contributed by atoms with E-state index in [0.29, 0.717) is 13.0 Å². The summed E-state index contributed by atoms with van der Waals surface area (Å²) in [5.74, 6) is -0.0556. The van der Waals surface area contributed by atoms with E-state index in [1.165, 1.54) is 44.9 Å². The summed E-state index contributed by atoms with van der Waals surface area (Å²) in [6.45, 7) is 3.64. The predicted octanol–water partition coefficient (Wildman–Crippen LogP) is 1.14. The summed E-state index contributed by atoms with van der Waals surface area (Å²) >= 11 is 0. The highest BCUT2D eigenvalue weighted by Crippen LogP contribution is 2.07. The second-order valence-electron chi connectivity index (χ2n) is 5.99. The molecule has 0 heterocycles. The van der Waals surface area contributed by atoms with E-state index < -0.39 is 12.3 Å². The van der Waals surface area contributed by atoms with E-state index in [1.54, 1.807) is 0 Å². The molecule has 8 N–H and O–H groups in total. The maximum atomic E-state index is 11.8. The summed E-state index contributed by atoms with van der Waals surface area (Å²) in [5, 5.41) is 5.80. The quantitative estimate of drug-likeness (QED) is 0.229. The van der Waals surface area contributed by atoms with E-state index in [2.05, 4.69) is 17.6 Å². The van der Waals surface area contributed by atoms with Crippen molar-refractivity contribution in [3.8, 4) is 0 Å². The third-order valence-electron chi connectivity index (χ3n) is 3.74. The zero-order valence-corrected chi connectivity index (χ0v) is 14.3. The van der Waals surface area contributed by atoms with Crippen molar-refractivity contribution in [2.75, 3.05) is 13.1 Å². The van der Waals surface area contributed by atoms with Crippen molar-refractivity contribution < 1.29 is 4.79 Å². The van der Waals surface area contributed by atoms with Gasteiger partial charge < -0.3 is 22.5 Å². The Balaban J connectivity index is 3.37. The van der Waals surface area contributed by atoms with Crippen molar-refractivity contribution in [2.24, 2.45) is 17.2 Å². The topological polar surface area (TPSA) is 119 Å². The van der Waals surface area contributed by atoms with Gasteiger partial charge in [0.25, 0.3) is 0 Å². The van der Waals surface area contributed by atoms with Crippen molar-refractivity contribution >= 4 is 5.91 Å². The van der Waals surface area contributed by atoms with Crippen LogP contribution in [0.4, 0.5) is 0 Å². The highest BCUT2D eigenvalue weighted by Gasteiger charge is 2.11. The number of hydrogen-bond acceptors (Lipinski definition) is 5. The third kappa shape index (κ3) is 14.3. The van der Waals surface area contributed by atoms with E-state index in [1.807, 2.05) is 0 Å². The molecule has 0 aromatic rings. The van der Waals surface area contributed by atoms with Gasteiger partial charge in [-0.25, -0.2) is 0 Å². The number of hydrogen-bond donors (Lipinski definition) is 5. The van der Waals surface area contributed by atoms with Crippen molar-refractivity contribution in [3.05, 3.63) is 0 Å². The largest absolute Gasteiger partial charge is 0.355 e. The Morgan fingerprint density at radius 1 is 0.864 bits per heavy atom. The van der Waals surface area contributed by atoms with Gasteiger partial charge in [-0.3, -0.25) is 10.1 Å². The van der Waals surface area contributed by atoms with Gasteiger partial charge in [0.1, 0.15) is 6.29 Å². The van der Waals surface area contributed by atoms with Gasteiger partial charge in [-0.2, -0.15) is 0 Å². The number of nitrogens with one attached hydrogen (secondary N) is 2. The summed E-state index contributed by atoms with van der Waals surface area (Å²) < 4.78 is 0. The molecule has 0 aliphatic rings. The summed E-state index contributed by atoms with van der Waals surface area (Å²) in [6.07, 6.45) is 11.0. The maximum absolute atomic E-state index is 11.8. The maximum Gasteiger partial charge on any atom is 0.236 e. The Morgan fingerprint density at radius 3 is 2.05 bits per heavy atom. The van der Waals surface area contributed by atoms with Crippen LogP contribution >= 0.6 is 0 Å². The number of carbonyl (C=O) groups is 1. The Kier molecular flexibility index (Phi) is 14.7. The fourth-order valence-corrected chi connectivity index (χ4v) is 2.32. The van der Waals surface area contributed by atoms with Crippen LogP contribution in [0.15, 0.2) is 0 Å². The minimum Gasteiger partial charge on any atom is -0.355 e. The predicted molar refractivity (Wildman–Crippen MR) is 93.0 cm³/mol. The lowest BCUT2D eigenvalue weighted by molar-refractivity contribution is -0.122. The first-order chi connectivity index (χ1) is 10.6. The van der Waals surface area contributed by atoms with Crippen LogP contribution in [-0.4, -0.2) is 31.3 Å². The van der Waals surface area contributed by atoms with E-state index in [0.717, 1.165) is 19.4 Å². The van der Waals surface area contributed by atoms with Crippen LogP contribution in [0.1, 0.15) is 71.1 Å². The minimum atomic E-state index is -0.507. The van der Waals surface area contributed by atoms with Crippen molar-refractivity contribution in [2.45, 2.75) is 83.5 Å². The number of unbranched alkanes of at least 4 members (excludes halogenated alkanes) is 7. The zero-order chi connectivity index (χ0) is 16.6.